The van der Waals surface area contributed by atoms with E-state index < -0.39 is 46.6 Å². The van der Waals surface area contributed by atoms with E-state index in [4.69, 9.17) is 28.1 Å². The number of nitrogens with zero attached hydrogens (tertiary/aromatic N) is 2. The molecule has 0 amide bonds. The Morgan fingerprint density at radius 3 is 2.69 bits per heavy atom. The molecule has 13 nitrogen and oxygen atoms in total. The van der Waals surface area contributed by atoms with Crippen LogP contribution in [0.4, 0.5) is 0 Å². The Bertz CT molecular complexity index is 2310. The maximum atomic E-state index is 14.8. The number of rotatable bonds is 2. The molecule has 9 heterocycles. The van der Waals surface area contributed by atoms with Crippen LogP contribution >= 0.6 is 11.8 Å². The van der Waals surface area contributed by atoms with Crippen LogP contribution in [0.15, 0.2) is 34.7 Å². The van der Waals surface area contributed by atoms with Gasteiger partial charge in [0, 0.05) is 71.4 Å². The van der Waals surface area contributed by atoms with E-state index in [1.54, 1.807) is 0 Å². The number of piperazine rings is 1. The predicted molar refractivity (Wildman–Crippen MR) is 196 cm³/mol. The summed E-state index contributed by atoms with van der Waals surface area (Å²) in [7, 11) is 3.49. The lowest BCUT2D eigenvalue weighted by atomic mass is 9.78. The largest absolute Gasteiger partial charge is 0.504 e. The highest BCUT2D eigenvalue weighted by molar-refractivity contribution is 7.99. The number of carbonyl (C=O) groups excluding carboxylic acids is 2. The molecule has 8 aliphatic heterocycles. The van der Waals surface area contributed by atoms with E-state index >= 15 is 0 Å². The molecule has 0 aliphatic carbocycles. The molecule has 7 atom stereocenters. The van der Waals surface area contributed by atoms with Gasteiger partial charge in [0.05, 0.1) is 24.4 Å². The summed E-state index contributed by atoms with van der Waals surface area (Å²) in [5, 5.41) is 29.1. The number of furan rings is 1. The van der Waals surface area contributed by atoms with Gasteiger partial charge in [0.1, 0.15) is 29.4 Å². The number of phenolic OH excluding ortho intramolecular Hbond substituents is 1. The summed E-state index contributed by atoms with van der Waals surface area (Å²) in [4.78, 5) is 31.8. The highest BCUT2D eigenvalue weighted by Crippen LogP contribution is 2.65. The van der Waals surface area contributed by atoms with Gasteiger partial charge in [-0.3, -0.25) is 19.9 Å². The van der Waals surface area contributed by atoms with Gasteiger partial charge in [-0.15, -0.1) is 11.8 Å². The molecule has 12 rings (SSSR count). The Kier molecular flexibility index (Phi) is 7.42. The second-order valence-electron chi connectivity index (χ2n) is 15.3. The fourth-order valence-electron chi connectivity index (χ4n) is 10.4. The molecule has 2 fully saturated rings. The van der Waals surface area contributed by atoms with E-state index in [1.165, 1.54) is 25.8 Å². The summed E-state index contributed by atoms with van der Waals surface area (Å²) in [5.41, 5.74) is 3.01. The van der Waals surface area contributed by atoms with Crippen LogP contribution in [0.5, 0.6) is 28.7 Å². The van der Waals surface area contributed by atoms with Gasteiger partial charge in [-0.25, -0.2) is 4.79 Å². The molecule has 4 aromatic rings. The van der Waals surface area contributed by atoms with Crippen molar-refractivity contribution in [1.82, 2.24) is 15.1 Å². The third kappa shape index (κ3) is 4.42. The molecule has 4 bridgehead atoms. The number of para-hydroxylation sites is 1. The molecule has 14 heteroatoms. The third-order valence-electron chi connectivity index (χ3n) is 12.3. The number of esters is 2. The van der Waals surface area contributed by atoms with Gasteiger partial charge >= 0.3 is 11.9 Å². The Hall–Kier alpha value is -4.47. The smallest absolute Gasteiger partial charge is 0.335 e. The van der Waals surface area contributed by atoms with Crippen LogP contribution in [0.2, 0.25) is 0 Å². The lowest BCUT2D eigenvalue weighted by molar-refractivity contribution is -0.215. The fraction of sp³-hybridized carbons (Fsp3) is 0.450. The molecule has 0 radical (unpaired) electrons. The van der Waals surface area contributed by atoms with Crippen LogP contribution in [0.25, 0.3) is 11.0 Å². The van der Waals surface area contributed by atoms with Crippen molar-refractivity contribution in [1.29, 1.82) is 0 Å². The average molecular weight is 756 g/mol. The molecule has 0 saturated carbocycles. The van der Waals surface area contributed by atoms with Crippen molar-refractivity contribution in [3.8, 4) is 28.7 Å². The van der Waals surface area contributed by atoms with E-state index in [0.717, 1.165) is 22.1 Å². The fourth-order valence-corrected chi connectivity index (χ4v) is 12.0. The Morgan fingerprint density at radius 2 is 1.89 bits per heavy atom. The summed E-state index contributed by atoms with van der Waals surface area (Å²) in [6.45, 7) is 5.64. The van der Waals surface area contributed by atoms with Crippen LogP contribution in [0, 0.1) is 13.8 Å². The number of aromatic hydroxyl groups is 1. The lowest BCUT2D eigenvalue weighted by Gasteiger charge is -2.60. The first-order valence-corrected chi connectivity index (χ1v) is 19.3. The minimum absolute atomic E-state index is 0.0273. The molecular formula is C40H41N3O10S. The first-order valence-electron chi connectivity index (χ1n) is 18.3. The molecule has 3 aromatic carbocycles. The quantitative estimate of drug-likeness (QED) is 0.195. The number of thioether (sulfide) groups is 1. The highest BCUT2D eigenvalue weighted by Gasteiger charge is 2.64. The van der Waals surface area contributed by atoms with Crippen molar-refractivity contribution in [2.24, 2.45) is 0 Å². The summed E-state index contributed by atoms with van der Waals surface area (Å²) in [6, 6.07) is 7.99. The van der Waals surface area contributed by atoms with Crippen LogP contribution in [-0.2, 0) is 32.7 Å². The van der Waals surface area contributed by atoms with Gasteiger partial charge in [-0.1, -0.05) is 24.3 Å². The molecule has 2 saturated heterocycles. The minimum Gasteiger partial charge on any atom is -0.504 e. The number of aryl methyl sites for hydroxylation is 1. The number of ether oxygens (including phenoxy) is 5. The maximum absolute atomic E-state index is 14.8. The zero-order valence-corrected chi connectivity index (χ0v) is 31.4. The van der Waals surface area contributed by atoms with Gasteiger partial charge in [0.15, 0.2) is 28.5 Å². The number of benzene rings is 3. The van der Waals surface area contributed by atoms with Gasteiger partial charge in [0.2, 0.25) is 6.79 Å². The topological polar surface area (TPSA) is 152 Å². The summed E-state index contributed by atoms with van der Waals surface area (Å²) in [5.74, 6) is 1.41. The molecule has 8 aliphatic rings. The summed E-state index contributed by atoms with van der Waals surface area (Å²) >= 11 is 1.50. The highest BCUT2D eigenvalue weighted by atomic mass is 32.2. The second-order valence-corrected chi connectivity index (χ2v) is 16.5. The number of phenols is 1. The molecular weight excluding hydrogens is 715 g/mol. The number of aliphatic hydroxyl groups is 1. The molecule has 282 valence electrons. The molecule has 4 unspecified atom stereocenters. The monoisotopic (exact) mass is 755 g/mol. The molecule has 1 spiro atoms. The Morgan fingerprint density at radius 1 is 1.09 bits per heavy atom. The van der Waals surface area contributed by atoms with E-state index in [1.807, 2.05) is 51.2 Å². The molecule has 54 heavy (non-hydrogen) atoms. The number of nitrogens with one attached hydrogen (secondary N) is 1. The van der Waals surface area contributed by atoms with Crippen molar-refractivity contribution in [2.75, 3.05) is 46.4 Å². The van der Waals surface area contributed by atoms with Crippen molar-refractivity contribution < 1.29 is 47.9 Å². The van der Waals surface area contributed by atoms with Crippen LogP contribution in [0.3, 0.4) is 0 Å². The van der Waals surface area contributed by atoms with Gasteiger partial charge in [-0.05, 0) is 44.5 Å². The van der Waals surface area contributed by atoms with Gasteiger partial charge in [0.25, 0.3) is 0 Å². The zero-order valence-electron chi connectivity index (χ0n) is 30.6. The van der Waals surface area contributed by atoms with Crippen molar-refractivity contribution in [3.63, 3.8) is 0 Å². The van der Waals surface area contributed by atoms with E-state index in [0.29, 0.717) is 69.6 Å². The predicted octanol–water partition coefficient (Wildman–Crippen LogP) is 4.45. The first-order chi connectivity index (χ1) is 26.0. The van der Waals surface area contributed by atoms with Crippen LogP contribution in [-0.4, -0.2) is 90.1 Å². The maximum Gasteiger partial charge on any atom is 0.335 e. The Labute approximate surface area is 315 Å². The van der Waals surface area contributed by atoms with Crippen molar-refractivity contribution >= 4 is 34.7 Å². The van der Waals surface area contributed by atoms with Crippen LogP contribution in [0.1, 0.15) is 69.0 Å². The third-order valence-corrected chi connectivity index (χ3v) is 13.8. The average Bonchev–Trinajstić information content (AvgIpc) is 3.73. The number of hydrogen-bond acceptors (Lipinski definition) is 14. The van der Waals surface area contributed by atoms with Crippen molar-refractivity contribution in [2.45, 2.75) is 68.3 Å². The summed E-state index contributed by atoms with van der Waals surface area (Å²) in [6.07, 6.45) is 0.860. The second kappa shape index (κ2) is 11.8. The van der Waals surface area contributed by atoms with Crippen molar-refractivity contribution in [3.05, 3.63) is 75.0 Å². The first kappa shape index (κ1) is 34.1. The zero-order chi connectivity index (χ0) is 37.4. The van der Waals surface area contributed by atoms with Gasteiger partial charge in [-0.2, -0.15) is 0 Å². The lowest BCUT2D eigenvalue weighted by Crippen LogP contribution is -2.70. The minimum atomic E-state index is -1.49. The standard InChI is InChI=1S/C40H41N3O10S/c1-18-12-21-13-39(47)15-42(4)29(26(21)31(45)32(18)48-5)30-36-28-27(35-34(50-17-51-35)19(2)33(28)52-20(3)44)24(43(30)39)14-49-38(46)40(16-54-36)37-23(10-11-41-40)22-8-6-7-9-25(22)53-37/h6-9,12,24,29-30,36,41,45,47H,10-11,13-17H2,1-5H3/t24?,29?,30-,36-,39?,40-/m1/s1. The van der Waals surface area contributed by atoms with Crippen LogP contribution < -0.4 is 24.3 Å². The number of methoxy groups -OCH3 is 1. The SMILES string of the molecule is COc1c(C)cc2c(c1O)C1[C@@H]3[C@@H]4SC[C@]5(NCCc6c5oc5ccccc65)C(=O)OCC(c5c6c(c(C)c(OC(C)=O)c54)OCO6)N3C(O)(C2)CN1C. The van der Waals surface area contributed by atoms with Gasteiger partial charge < -0.3 is 38.3 Å². The number of likely N-dealkylation sites (N-methyl/N-ethyl adjacent to an activating group) is 1. The number of carbonyl (C=O) groups is 2. The molecule has 1 aromatic heterocycles. The normalized spacial score (nSPS) is 30.6. The van der Waals surface area contributed by atoms with E-state index in [2.05, 4.69) is 15.1 Å². The molecule has 3 N–H and O–H groups in total. The van der Waals surface area contributed by atoms with E-state index in [-0.39, 0.29) is 37.9 Å². The van der Waals surface area contributed by atoms with E-state index in [9.17, 15) is 19.8 Å². The Balaban J connectivity index is 1.25. The number of fused-ring (bicyclic) bond motifs is 8. The summed E-state index contributed by atoms with van der Waals surface area (Å²) < 4.78 is 37.2. The number of hydrogen-bond donors (Lipinski definition) is 3.